The van der Waals surface area contributed by atoms with Gasteiger partial charge in [0.15, 0.2) is 12.4 Å². The Kier molecular flexibility index (Phi) is 6.45. The molecular formula is C25H22N4O4. The molecule has 4 aromatic rings. The Morgan fingerprint density at radius 1 is 0.970 bits per heavy atom. The molecule has 0 aliphatic carbocycles. The molecule has 4 rings (SSSR count). The zero-order valence-electron chi connectivity index (χ0n) is 18.1. The first-order chi connectivity index (χ1) is 16.0. The van der Waals surface area contributed by atoms with Gasteiger partial charge in [0.1, 0.15) is 23.0 Å². The molecule has 0 amide bonds. The number of aliphatic carboxylic acids is 1. The van der Waals surface area contributed by atoms with Crippen LogP contribution in [0.1, 0.15) is 11.3 Å². The Labute approximate surface area is 190 Å². The third-order valence-corrected chi connectivity index (χ3v) is 4.77. The minimum Gasteiger partial charge on any atom is -0.482 e. The normalized spacial score (nSPS) is 10.5. The van der Waals surface area contributed by atoms with Crippen LogP contribution in [0.2, 0.25) is 0 Å². The van der Waals surface area contributed by atoms with Gasteiger partial charge in [-0.25, -0.2) is 14.8 Å². The Morgan fingerprint density at radius 2 is 1.85 bits per heavy atom. The molecule has 33 heavy (non-hydrogen) atoms. The number of nitrogens with one attached hydrogen (secondary N) is 1. The molecule has 0 unspecified atom stereocenters. The molecule has 0 saturated heterocycles. The average molecular weight is 442 g/mol. The van der Waals surface area contributed by atoms with Gasteiger partial charge < -0.3 is 19.9 Å². The molecule has 3 aromatic heterocycles. The lowest BCUT2D eigenvalue weighted by atomic mass is 10.1. The quantitative estimate of drug-likeness (QED) is 0.386. The molecule has 166 valence electrons. The predicted molar refractivity (Wildman–Crippen MR) is 124 cm³/mol. The third-order valence-electron chi connectivity index (χ3n) is 4.77. The summed E-state index contributed by atoms with van der Waals surface area (Å²) < 4.78 is 11.4. The van der Waals surface area contributed by atoms with Gasteiger partial charge in [-0.3, -0.25) is 4.98 Å². The number of hydrogen-bond donors (Lipinski definition) is 2. The number of benzene rings is 1. The van der Waals surface area contributed by atoms with Crippen LogP contribution in [-0.2, 0) is 4.79 Å². The first-order valence-electron chi connectivity index (χ1n) is 10.2. The first kappa shape index (κ1) is 21.8. The highest BCUT2D eigenvalue weighted by Crippen LogP contribution is 2.33. The summed E-state index contributed by atoms with van der Waals surface area (Å²) in [6.07, 6.45) is 3.36. The van der Waals surface area contributed by atoms with E-state index in [9.17, 15) is 4.79 Å². The molecular weight excluding hydrogens is 420 g/mol. The second kappa shape index (κ2) is 9.78. The Bertz CT molecular complexity index is 1280. The number of rotatable bonds is 8. The van der Waals surface area contributed by atoms with Crippen molar-refractivity contribution in [3.63, 3.8) is 0 Å². The van der Waals surface area contributed by atoms with Gasteiger partial charge in [-0.15, -0.1) is 0 Å². The molecule has 0 aliphatic heterocycles. The fraction of sp³-hybridized carbons (Fsp3) is 0.120. The fourth-order valence-corrected chi connectivity index (χ4v) is 3.07. The lowest BCUT2D eigenvalue weighted by molar-refractivity contribution is -0.139. The van der Waals surface area contributed by atoms with Crippen molar-refractivity contribution in [2.24, 2.45) is 0 Å². The van der Waals surface area contributed by atoms with E-state index in [4.69, 9.17) is 19.6 Å². The monoisotopic (exact) mass is 442 g/mol. The second-order valence-corrected chi connectivity index (χ2v) is 7.27. The minimum absolute atomic E-state index is 0.409. The van der Waals surface area contributed by atoms with Gasteiger partial charge in [-0.1, -0.05) is 12.1 Å². The third kappa shape index (κ3) is 5.62. The van der Waals surface area contributed by atoms with Crippen molar-refractivity contribution in [3.8, 4) is 28.6 Å². The molecule has 0 saturated carbocycles. The Morgan fingerprint density at radius 3 is 2.64 bits per heavy atom. The van der Waals surface area contributed by atoms with Gasteiger partial charge in [0, 0.05) is 35.9 Å². The minimum atomic E-state index is -1.04. The summed E-state index contributed by atoms with van der Waals surface area (Å²) in [6.45, 7) is 3.53. The van der Waals surface area contributed by atoms with E-state index in [2.05, 4.69) is 15.3 Å². The number of carboxylic acid groups (broad SMARTS) is 1. The predicted octanol–water partition coefficient (Wildman–Crippen LogP) is 5.15. The maximum absolute atomic E-state index is 10.7. The van der Waals surface area contributed by atoms with E-state index in [1.165, 1.54) is 0 Å². The zero-order valence-corrected chi connectivity index (χ0v) is 18.1. The maximum atomic E-state index is 10.7. The van der Waals surface area contributed by atoms with Gasteiger partial charge >= 0.3 is 5.97 Å². The fourth-order valence-electron chi connectivity index (χ4n) is 3.07. The van der Waals surface area contributed by atoms with Crippen molar-refractivity contribution in [2.45, 2.75) is 13.8 Å². The molecule has 0 fully saturated rings. The van der Waals surface area contributed by atoms with E-state index in [-0.39, 0.29) is 0 Å². The SMILES string of the molecule is Cc1cc(Oc2ccnc(Nc3cccc(OCC(=O)O)c3)c2)c(-c2ccccn2)nc1C. The van der Waals surface area contributed by atoms with E-state index in [1.807, 2.05) is 44.2 Å². The van der Waals surface area contributed by atoms with Crippen LogP contribution in [0.4, 0.5) is 11.5 Å². The number of hydrogen-bond acceptors (Lipinski definition) is 7. The van der Waals surface area contributed by atoms with Gasteiger partial charge in [0.05, 0.1) is 5.69 Å². The van der Waals surface area contributed by atoms with Crippen LogP contribution in [0.5, 0.6) is 17.2 Å². The molecule has 0 atom stereocenters. The van der Waals surface area contributed by atoms with Crippen LogP contribution in [0, 0.1) is 13.8 Å². The summed E-state index contributed by atoms with van der Waals surface area (Å²) in [7, 11) is 0. The topological polar surface area (TPSA) is 106 Å². The van der Waals surface area contributed by atoms with Gasteiger partial charge in [-0.05, 0) is 55.8 Å². The van der Waals surface area contributed by atoms with Crippen LogP contribution in [0.3, 0.4) is 0 Å². The standard InChI is InChI=1S/C25H22N4O4/c1-16-12-22(25(28-17(16)2)21-8-3-4-10-26-21)33-20-9-11-27-23(14-20)29-18-6-5-7-19(13-18)32-15-24(30)31/h3-14H,15H2,1-2H3,(H,27,29)(H,30,31). The lowest BCUT2D eigenvalue weighted by Gasteiger charge is -2.14. The highest BCUT2D eigenvalue weighted by atomic mass is 16.5. The summed E-state index contributed by atoms with van der Waals surface area (Å²) in [4.78, 5) is 24.2. The van der Waals surface area contributed by atoms with E-state index < -0.39 is 12.6 Å². The van der Waals surface area contributed by atoms with Crippen LogP contribution < -0.4 is 14.8 Å². The van der Waals surface area contributed by atoms with Crippen LogP contribution in [0.25, 0.3) is 11.4 Å². The molecule has 8 heteroatoms. The number of aryl methyl sites for hydroxylation is 2. The molecule has 3 heterocycles. The number of aromatic nitrogens is 3. The summed E-state index contributed by atoms with van der Waals surface area (Å²) in [5.74, 6) is 1.13. The highest BCUT2D eigenvalue weighted by molar-refractivity contribution is 5.69. The Balaban J connectivity index is 1.57. The molecule has 1 aromatic carbocycles. The highest BCUT2D eigenvalue weighted by Gasteiger charge is 2.13. The van der Waals surface area contributed by atoms with E-state index in [0.717, 1.165) is 17.0 Å². The van der Waals surface area contributed by atoms with Gasteiger partial charge in [0.2, 0.25) is 0 Å². The molecule has 0 aliphatic rings. The number of anilines is 2. The smallest absolute Gasteiger partial charge is 0.341 e. The summed E-state index contributed by atoms with van der Waals surface area (Å²) in [5, 5.41) is 12.0. The number of carboxylic acids is 1. The van der Waals surface area contributed by atoms with Crippen LogP contribution in [-0.4, -0.2) is 32.6 Å². The second-order valence-electron chi connectivity index (χ2n) is 7.27. The first-order valence-corrected chi connectivity index (χ1v) is 10.2. The zero-order chi connectivity index (χ0) is 23.2. The molecule has 8 nitrogen and oxygen atoms in total. The number of ether oxygens (including phenoxy) is 2. The average Bonchev–Trinajstić information content (AvgIpc) is 2.81. The van der Waals surface area contributed by atoms with E-state index in [0.29, 0.717) is 34.4 Å². The molecule has 0 spiro atoms. The molecule has 0 bridgehead atoms. The van der Waals surface area contributed by atoms with Crippen molar-refractivity contribution in [1.29, 1.82) is 0 Å². The maximum Gasteiger partial charge on any atom is 0.341 e. The molecule has 0 radical (unpaired) electrons. The van der Waals surface area contributed by atoms with Crippen molar-refractivity contribution >= 4 is 17.5 Å². The van der Waals surface area contributed by atoms with Gasteiger partial charge in [0.25, 0.3) is 0 Å². The van der Waals surface area contributed by atoms with E-state index >= 15 is 0 Å². The molecule has 2 N–H and O–H groups in total. The Hall–Kier alpha value is -4.46. The van der Waals surface area contributed by atoms with Crippen molar-refractivity contribution in [1.82, 2.24) is 15.0 Å². The summed E-state index contributed by atoms with van der Waals surface area (Å²) >= 11 is 0. The number of carbonyl (C=O) groups is 1. The van der Waals surface area contributed by atoms with Gasteiger partial charge in [-0.2, -0.15) is 0 Å². The number of pyridine rings is 3. The van der Waals surface area contributed by atoms with Crippen LogP contribution in [0.15, 0.2) is 73.1 Å². The van der Waals surface area contributed by atoms with Crippen molar-refractivity contribution < 1.29 is 19.4 Å². The largest absolute Gasteiger partial charge is 0.482 e. The van der Waals surface area contributed by atoms with Crippen LogP contribution >= 0.6 is 0 Å². The summed E-state index contributed by atoms with van der Waals surface area (Å²) in [6, 6.07) is 18.1. The van der Waals surface area contributed by atoms with Crippen molar-refractivity contribution in [3.05, 3.63) is 84.3 Å². The lowest BCUT2D eigenvalue weighted by Crippen LogP contribution is -2.09. The number of nitrogens with zero attached hydrogens (tertiary/aromatic N) is 3. The van der Waals surface area contributed by atoms with E-state index in [1.54, 1.807) is 42.7 Å². The van der Waals surface area contributed by atoms with Crippen molar-refractivity contribution in [2.75, 3.05) is 11.9 Å². The summed E-state index contributed by atoms with van der Waals surface area (Å²) in [5.41, 5.74) is 4.00.